The first-order valence-electron chi connectivity index (χ1n) is 8.35. The number of para-hydroxylation sites is 1. The zero-order chi connectivity index (χ0) is 17.2. The summed E-state index contributed by atoms with van der Waals surface area (Å²) >= 11 is 3.13. The Morgan fingerprint density at radius 1 is 1.44 bits per heavy atom. The summed E-state index contributed by atoms with van der Waals surface area (Å²) in [5.41, 5.74) is 1.02. The van der Waals surface area contributed by atoms with E-state index in [9.17, 15) is 4.79 Å². The molecule has 130 valence electrons. The average Bonchev–Trinajstić information content (AvgIpc) is 3.18. The van der Waals surface area contributed by atoms with E-state index in [1.54, 1.807) is 17.7 Å². The zero-order valence-electron chi connectivity index (χ0n) is 13.9. The molecule has 1 aliphatic carbocycles. The molecule has 6 nitrogen and oxygen atoms in total. The van der Waals surface area contributed by atoms with Gasteiger partial charge >= 0.3 is 0 Å². The van der Waals surface area contributed by atoms with Crippen LogP contribution in [0.1, 0.15) is 30.8 Å². The molecule has 1 aliphatic rings. The third kappa shape index (κ3) is 4.01. The van der Waals surface area contributed by atoms with Gasteiger partial charge < -0.3 is 9.88 Å². The number of amides is 1. The highest BCUT2D eigenvalue weighted by atomic mass is 32.2. The highest BCUT2D eigenvalue weighted by Gasteiger charge is 2.26. The Kier molecular flexibility index (Phi) is 4.72. The van der Waals surface area contributed by atoms with Gasteiger partial charge in [-0.1, -0.05) is 23.9 Å². The van der Waals surface area contributed by atoms with Gasteiger partial charge in [0.15, 0.2) is 5.16 Å². The fourth-order valence-corrected chi connectivity index (χ4v) is 4.59. The van der Waals surface area contributed by atoms with Gasteiger partial charge in [0.2, 0.25) is 5.91 Å². The van der Waals surface area contributed by atoms with Gasteiger partial charge in [0, 0.05) is 18.5 Å². The summed E-state index contributed by atoms with van der Waals surface area (Å²) in [5, 5.41) is 13.0. The largest absolute Gasteiger partial charge is 0.352 e. The van der Waals surface area contributed by atoms with Gasteiger partial charge in [0.05, 0.1) is 21.0 Å². The van der Waals surface area contributed by atoms with Crippen LogP contribution in [0, 0.1) is 0 Å². The topological polar surface area (TPSA) is 72.7 Å². The van der Waals surface area contributed by atoms with Crippen molar-refractivity contribution in [1.82, 2.24) is 25.1 Å². The summed E-state index contributed by atoms with van der Waals surface area (Å²) in [5.74, 6) is 0.374. The third-order valence-electron chi connectivity index (χ3n) is 4.04. The molecule has 3 aromatic rings. The zero-order valence-corrected chi connectivity index (χ0v) is 15.5. The van der Waals surface area contributed by atoms with E-state index in [0.717, 1.165) is 22.1 Å². The van der Waals surface area contributed by atoms with Gasteiger partial charge in [-0.15, -0.1) is 21.5 Å². The minimum absolute atomic E-state index is 0.0176. The predicted molar refractivity (Wildman–Crippen MR) is 99.9 cm³/mol. The average molecular weight is 374 g/mol. The van der Waals surface area contributed by atoms with Crippen molar-refractivity contribution in [3.8, 4) is 0 Å². The van der Waals surface area contributed by atoms with E-state index in [4.69, 9.17) is 0 Å². The molecule has 0 spiro atoms. The van der Waals surface area contributed by atoms with Crippen LogP contribution in [0.15, 0.2) is 35.7 Å². The molecule has 0 aliphatic heterocycles. The van der Waals surface area contributed by atoms with E-state index in [1.807, 2.05) is 25.1 Å². The molecule has 0 saturated heterocycles. The van der Waals surface area contributed by atoms with Crippen LogP contribution in [0.2, 0.25) is 0 Å². The van der Waals surface area contributed by atoms with E-state index in [2.05, 4.69) is 31.1 Å². The lowest BCUT2D eigenvalue weighted by Crippen LogP contribution is -2.35. The second-order valence-corrected chi connectivity index (χ2v) is 8.35. The van der Waals surface area contributed by atoms with Gasteiger partial charge in [-0.2, -0.15) is 0 Å². The molecular weight excluding hydrogens is 354 g/mol. The number of thioether (sulfide) groups is 1. The molecule has 1 amide bonds. The van der Waals surface area contributed by atoms with E-state index in [0.29, 0.717) is 11.8 Å². The fourth-order valence-electron chi connectivity index (χ4n) is 2.71. The number of nitrogens with zero attached hydrogens (tertiary/aromatic N) is 4. The number of benzene rings is 1. The van der Waals surface area contributed by atoms with Crippen molar-refractivity contribution in [3.05, 3.63) is 35.6 Å². The molecule has 8 heteroatoms. The van der Waals surface area contributed by atoms with E-state index in [-0.39, 0.29) is 11.9 Å². The van der Waals surface area contributed by atoms with Gasteiger partial charge in [-0.05, 0) is 31.9 Å². The summed E-state index contributed by atoms with van der Waals surface area (Å²) < 4.78 is 3.26. The number of aromatic nitrogens is 4. The number of nitrogens with one attached hydrogen (secondary N) is 1. The van der Waals surface area contributed by atoms with Crippen molar-refractivity contribution in [1.29, 1.82) is 0 Å². The lowest BCUT2D eigenvalue weighted by molar-refractivity contribution is -0.119. The first kappa shape index (κ1) is 16.5. The molecular formula is C17H19N5OS2. The maximum Gasteiger partial charge on any atom is 0.230 e. The summed E-state index contributed by atoms with van der Waals surface area (Å²) in [6.45, 7) is 2.02. The van der Waals surface area contributed by atoms with Crippen molar-refractivity contribution < 1.29 is 4.79 Å². The number of hydrogen-bond acceptors (Lipinski definition) is 6. The van der Waals surface area contributed by atoms with Crippen molar-refractivity contribution in [3.63, 3.8) is 0 Å². The van der Waals surface area contributed by atoms with Crippen LogP contribution in [-0.2, 0) is 11.2 Å². The van der Waals surface area contributed by atoms with Crippen LogP contribution in [0.25, 0.3) is 10.2 Å². The molecule has 4 rings (SSSR count). The van der Waals surface area contributed by atoms with Crippen LogP contribution in [0.5, 0.6) is 0 Å². The van der Waals surface area contributed by atoms with Crippen LogP contribution in [0.4, 0.5) is 0 Å². The molecule has 1 atom stereocenters. The number of fused-ring (bicyclic) bond motifs is 1. The number of thiazole rings is 1. The van der Waals surface area contributed by atoms with Gasteiger partial charge in [0.25, 0.3) is 0 Å². The van der Waals surface area contributed by atoms with E-state index < -0.39 is 0 Å². The molecule has 1 unspecified atom stereocenters. The predicted octanol–water partition coefficient (Wildman–Crippen LogP) is 3.06. The molecule has 0 radical (unpaired) electrons. The Hall–Kier alpha value is -1.93. The minimum atomic E-state index is 0.0176. The molecule has 1 fully saturated rings. The minimum Gasteiger partial charge on any atom is -0.352 e. The number of rotatable bonds is 7. The number of hydrogen-bond donors (Lipinski definition) is 1. The van der Waals surface area contributed by atoms with E-state index in [1.165, 1.54) is 29.3 Å². The lowest BCUT2D eigenvalue weighted by Gasteiger charge is -2.12. The van der Waals surface area contributed by atoms with Crippen molar-refractivity contribution in [2.24, 2.45) is 0 Å². The maximum atomic E-state index is 12.2. The van der Waals surface area contributed by atoms with Crippen molar-refractivity contribution in [2.75, 3.05) is 5.75 Å². The van der Waals surface area contributed by atoms with Crippen LogP contribution in [-0.4, -0.2) is 37.5 Å². The van der Waals surface area contributed by atoms with E-state index >= 15 is 0 Å². The first-order valence-corrected chi connectivity index (χ1v) is 10.2. The van der Waals surface area contributed by atoms with Gasteiger partial charge in [-0.3, -0.25) is 4.79 Å². The lowest BCUT2D eigenvalue weighted by atomic mass is 10.2. The molecule has 2 heterocycles. The Morgan fingerprint density at radius 3 is 3.08 bits per heavy atom. The van der Waals surface area contributed by atoms with Crippen molar-refractivity contribution in [2.45, 2.75) is 43.4 Å². The summed E-state index contributed by atoms with van der Waals surface area (Å²) in [6, 6.07) is 8.69. The molecule has 1 aromatic carbocycles. The van der Waals surface area contributed by atoms with Crippen LogP contribution in [0.3, 0.4) is 0 Å². The molecule has 2 aromatic heterocycles. The summed E-state index contributed by atoms with van der Waals surface area (Å²) in [4.78, 5) is 16.8. The number of carbonyl (C=O) groups is 1. The van der Waals surface area contributed by atoms with Crippen LogP contribution < -0.4 is 5.32 Å². The Bertz CT molecular complexity index is 853. The highest BCUT2D eigenvalue weighted by Crippen LogP contribution is 2.37. The monoisotopic (exact) mass is 373 g/mol. The second-order valence-electron chi connectivity index (χ2n) is 6.29. The second kappa shape index (κ2) is 7.13. The Balaban J connectivity index is 1.28. The van der Waals surface area contributed by atoms with Gasteiger partial charge in [0.1, 0.15) is 6.33 Å². The van der Waals surface area contributed by atoms with Crippen LogP contribution >= 0.6 is 23.1 Å². The standard InChI is InChI=1S/C17H19N5OS2/c1-11(8-16-20-13-4-2-3-5-14(13)25-16)19-15(23)9-24-17-21-18-10-22(17)12-6-7-12/h2-5,10-12H,6-9H2,1H3,(H,19,23). The summed E-state index contributed by atoms with van der Waals surface area (Å²) in [6.07, 6.45) is 4.86. The Morgan fingerprint density at radius 2 is 2.28 bits per heavy atom. The smallest absolute Gasteiger partial charge is 0.230 e. The van der Waals surface area contributed by atoms with Crippen molar-refractivity contribution >= 4 is 39.2 Å². The molecule has 0 bridgehead atoms. The molecule has 1 saturated carbocycles. The quantitative estimate of drug-likeness (QED) is 0.645. The normalized spacial score (nSPS) is 15.4. The summed E-state index contributed by atoms with van der Waals surface area (Å²) in [7, 11) is 0. The fraction of sp³-hybridized carbons (Fsp3) is 0.412. The Labute approximate surface area is 154 Å². The third-order valence-corrected chi connectivity index (χ3v) is 6.06. The SMILES string of the molecule is CC(Cc1nc2ccccc2s1)NC(=O)CSc1nncn1C1CC1. The number of carbonyl (C=O) groups excluding carboxylic acids is 1. The highest BCUT2D eigenvalue weighted by molar-refractivity contribution is 7.99. The maximum absolute atomic E-state index is 12.2. The molecule has 25 heavy (non-hydrogen) atoms. The van der Waals surface area contributed by atoms with Gasteiger partial charge in [-0.25, -0.2) is 4.98 Å². The molecule has 1 N–H and O–H groups in total. The first-order chi connectivity index (χ1) is 12.2.